The Bertz CT molecular complexity index is 1710. The Morgan fingerprint density at radius 3 is 2.37 bits per heavy atom. The Balaban J connectivity index is 1.52. The van der Waals surface area contributed by atoms with Crippen molar-refractivity contribution in [2.45, 2.75) is 50.2 Å². The van der Waals surface area contributed by atoms with Gasteiger partial charge in [0.05, 0.1) is 29.4 Å². The summed E-state index contributed by atoms with van der Waals surface area (Å²) in [5, 5.41) is 20.2. The number of aliphatic hydroxyl groups excluding tert-OH is 1. The number of nitrogens with one attached hydrogen (secondary N) is 1. The molecule has 1 amide bonds. The molecular weight excluding hydrogens is 615 g/mol. The second kappa shape index (κ2) is 11.1. The monoisotopic (exact) mass is 633 g/mol. The molecule has 2 aromatic heterocycles. The van der Waals surface area contributed by atoms with Gasteiger partial charge in [-0.15, -0.1) is 10.2 Å². The second-order valence-corrected chi connectivity index (χ2v) is 10.0. The summed E-state index contributed by atoms with van der Waals surface area (Å²) < 4.78 is 96.3. The van der Waals surface area contributed by atoms with Crippen LogP contribution in [0.3, 0.4) is 0 Å². The Labute approximate surface area is 241 Å². The topological polar surface area (TPSA) is 120 Å². The van der Waals surface area contributed by atoms with Gasteiger partial charge in [-0.3, -0.25) is 9.36 Å². The van der Waals surface area contributed by atoms with Crippen molar-refractivity contribution in [3.8, 4) is 17.1 Å². The lowest BCUT2D eigenvalue weighted by Gasteiger charge is -2.16. The molecule has 1 fully saturated rings. The van der Waals surface area contributed by atoms with E-state index >= 15 is 0 Å². The van der Waals surface area contributed by atoms with E-state index in [-0.39, 0.29) is 28.7 Å². The van der Waals surface area contributed by atoms with Crippen LogP contribution in [0.1, 0.15) is 28.2 Å². The number of carbonyl (C=O) groups excluding carboxylic acids is 1. The summed E-state index contributed by atoms with van der Waals surface area (Å²) in [5.74, 6) is -1.54. The number of benzene rings is 2. The number of hydrogen-bond acceptors (Lipinski definition) is 6. The molecule has 0 aliphatic heterocycles. The van der Waals surface area contributed by atoms with Crippen LogP contribution in [0.5, 0.6) is 0 Å². The van der Waals surface area contributed by atoms with E-state index in [9.17, 15) is 45.4 Å². The molecule has 0 saturated heterocycles. The molecule has 10 nitrogen and oxygen atoms in total. The fourth-order valence-electron chi connectivity index (χ4n) is 4.17. The highest BCUT2D eigenvalue weighted by molar-refractivity contribution is 6.30. The summed E-state index contributed by atoms with van der Waals surface area (Å²) >= 11 is 5.87. The number of alkyl halides is 7. The zero-order valence-corrected chi connectivity index (χ0v) is 22.2. The van der Waals surface area contributed by atoms with Crippen LogP contribution in [0.15, 0.2) is 53.6 Å². The first-order valence-electron chi connectivity index (χ1n) is 12.4. The van der Waals surface area contributed by atoms with Crippen LogP contribution < -0.4 is 11.0 Å². The van der Waals surface area contributed by atoms with E-state index in [4.69, 9.17) is 11.6 Å². The van der Waals surface area contributed by atoms with Gasteiger partial charge < -0.3 is 10.4 Å². The van der Waals surface area contributed by atoms with Crippen molar-refractivity contribution in [1.29, 1.82) is 0 Å². The van der Waals surface area contributed by atoms with Gasteiger partial charge in [0.25, 0.3) is 5.91 Å². The molecule has 5 rings (SSSR count). The van der Waals surface area contributed by atoms with Gasteiger partial charge >= 0.3 is 18.0 Å². The average molecular weight is 634 g/mol. The number of amides is 1. The minimum atomic E-state index is -5.06. The third-order valence-corrected chi connectivity index (χ3v) is 6.69. The smallest absolute Gasteiger partial charge is 0.382 e. The van der Waals surface area contributed by atoms with Crippen molar-refractivity contribution in [3.63, 3.8) is 0 Å². The van der Waals surface area contributed by atoms with Crippen LogP contribution in [0.4, 0.5) is 30.7 Å². The number of aliphatic hydroxyl groups is 1. The van der Waals surface area contributed by atoms with Crippen molar-refractivity contribution < 1.29 is 40.6 Å². The highest BCUT2D eigenvalue weighted by Gasteiger charge is 2.41. The van der Waals surface area contributed by atoms with Crippen molar-refractivity contribution in [2.75, 3.05) is 0 Å². The Morgan fingerprint density at radius 1 is 1.09 bits per heavy atom. The van der Waals surface area contributed by atoms with Gasteiger partial charge in [0.15, 0.2) is 17.8 Å². The molecule has 2 N–H and O–H groups in total. The lowest BCUT2D eigenvalue weighted by Crippen LogP contribution is -2.37. The first-order valence-corrected chi connectivity index (χ1v) is 12.8. The van der Waals surface area contributed by atoms with Crippen molar-refractivity contribution in [3.05, 3.63) is 81.3 Å². The van der Waals surface area contributed by atoms with E-state index in [1.165, 1.54) is 24.3 Å². The number of para-hydroxylation sites is 1. The zero-order chi connectivity index (χ0) is 31.3. The summed E-state index contributed by atoms with van der Waals surface area (Å²) in [6.45, 7) is -1.82. The third kappa shape index (κ3) is 6.41. The Morgan fingerprint density at radius 2 is 1.77 bits per heavy atom. The largest absolute Gasteiger partial charge is 0.418 e. The van der Waals surface area contributed by atoms with Crippen LogP contribution in [-0.4, -0.2) is 64.6 Å². The molecule has 0 bridgehead atoms. The minimum absolute atomic E-state index is 0.0207. The van der Waals surface area contributed by atoms with E-state index in [1.807, 2.05) is 0 Å². The first-order chi connectivity index (χ1) is 20.1. The van der Waals surface area contributed by atoms with E-state index < -0.39 is 72.2 Å². The molecule has 18 heteroatoms. The van der Waals surface area contributed by atoms with Crippen molar-refractivity contribution in [1.82, 2.24) is 34.4 Å². The van der Waals surface area contributed by atoms with Crippen molar-refractivity contribution in [2.24, 2.45) is 0 Å². The van der Waals surface area contributed by atoms with Crippen LogP contribution in [0.25, 0.3) is 17.1 Å². The normalized spacial score (nSPS) is 17.6. The molecule has 0 unspecified atom stereocenters. The van der Waals surface area contributed by atoms with Gasteiger partial charge in [-0.25, -0.2) is 23.5 Å². The first kappa shape index (κ1) is 30.2. The fourth-order valence-corrected chi connectivity index (χ4v) is 4.30. The van der Waals surface area contributed by atoms with Gasteiger partial charge in [-0.2, -0.15) is 26.3 Å². The maximum Gasteiger partial charge on any atom is 0.418 e. The standard InChI is InChI=1S/C25H19ClF7N7O3/c26-13-6-4-12(5-7-13)21-37-39(23(43)38(21)9-18(41)25(31,32)33)10-19-34-11-40(36-19)20-14(22(42)35-17-8-16(17)27)2-1-3-15(20)24(28,29)30/h1-7,11,16-18,41H,8-10H2,(H,35,42)/t16-,17+,18-/m0/s1. The summed E-state index contributed by atoms with van der Waals surface area (Å²) in [6, 6.07) is 7.52. The van der Waals surface area contributed by atoms with E-state index in [0.717, 1.165) is 18.5 Å². The van der Waals surface area contributed by atoms with Crippen LogP contribution in [-0.2, 0) is 19.3 Å². The summed E-state index contributed by atoms with van der Waals surface area (Å²) in [5.41, 5.74) is -3.37. The number of aromatic nitrogens is 6. The quantitative estimate of drug-likeness (QED) is 0.285. The SMILES string of the molecule is O=C(N[C@@H]1C[C@@H]1F)c1cccc(C(F)(F)F)c1-n1cnc(Cn2nc(-c3ccc(Cl)cc3)n(C[C@H](O)C(F)(F)F)c2=O)n1. The lowest BCUT2D eigenvalue weighted by atomic mass is 10.1. The number of nitrogens with zero attached hydrogens (tertiary/aromatic N) is 6. The number of hydrogen-bond donors (Lipinski definition) is 2. The van der Waals surface area contributed by atoms with E-state index in [1.54, 1.807) is 0 Å². The van der Waals surface area contributed by atoms with Gasteiger partial charge in [0.1, 0.15) is 19.0 Å². The van der Waals surface area contributed by atoms with E-state index in [0.29, 0.717) is 20.0 Å². The molecule has 1 aliphatic rings. The maximum absolute atomic E-state index is 13.9. The summed E-state index contributed by atoms with van der Waals surface area (Å²) in [4.78, 5) is 29.7. The molecule has 4 aromatic rings. The molecule has 2 heterocycles. The second-order valence-electron chi connectivity index (χ2n) is 9.58. The highest BCUT2D eigenvalue weighted by atomic mass is 35.5. The molecule has 2 aromatic carbocycles. The Kier molecular flexibility index (Phi) is 7.81. The summed E-state index contributed by atoms with van der Waals surface area (Å²) in [7, 11) is 0. The predicted molar refractivity (Wildman–Crippen MR) is 135 cm³/mol. The third-order valence-electron chi connectivity index (χ3n) is 6.43. The molecule has 0 spiro atoms. The highest BCUT2D eigenvalue weighted by Crippen LogP contribution is 2.36. The predicted octanol–water partition coefficient (Wildman–Crippen LogP) is 3.78. The van der Waals surface area contributed by atoms with Gasteiger partial charge in [-0.05, 0) is 36.4 Å². The molecule has 1 saturated carbocycles. The van der Waals surface area contributed by atoms with Crippen molar-refractivity contribution >= 4 is 17.5 Å². The van der Waals surface area contributed by atoms with Gasteiger partial charge in [-0.1, -0.05) is 17.7 Å². The molecule has 0 radical (unpaired) electrons. The van der Waals surface area contributed by atoms with Crippen LogP contribution >= 0.6 is 11.6 Å². The lowest BCUT2D eigenvalue weighted by molar-refractivity contribution is -0.207. The molecule has 3 atom stereocenters. The molecule has 228 valence electrons. The maximum atomic E-state index is 13.9. The van der Waals surface area contributed by atoms with Gasteiger partial charge in [0.2, 0.25) is 0 Å². The number of rotatable bonds is 8. The van der Waals surface area contributed by atoms with Gasteiger partial charge in [0, 0.05) is 17.0 Å². The Hall–Kier alpha value is -4.25. The molecule has 1 aliphatic carbocycles. The number of carbonyl (C=O) groups is 1. The summed E-state index contributed by atoms with van der Waals surface area (Å²) in [6.07, 6.45) is -13.4. The van der Waals surface area contributed by atoms with Crippen LogP contribution in [0.2, 0.25) is 5.02 Å². The minimum Gasteiger partial charge on any atom is -0.382 e. The zero-order valence-electron chi connectivity index (χ0n) is 21.4. The van der Waals surface area contributed by atoms with Crippen LogP contribution in [0, 0.1) is 0 Å². The number of halogens is 8. The molecule has 43 heavy (non-hydrogen) atoms. The molecular formula is C25H19ClF7N7O3. The fraction of sp³-hybridized carbons (Fsp3) is 0.320. The average Bonchev–Trinajstić information content (AvgIpc) is 3.29. The van der Waals surface area contributed by atoms with E-state index in [2.05, 4.69) is 20.5 Å².